The first-order chi connectivity index (χ1) is 8.42. The van der Waals surface area contributed by atoms with Crippen LogP contribution in [0.25, 0.3) is 0 Å². The standard InChI is InChI=1S/C14H18BrClO2/c1-14(2)7-9(14)12(16)8-5-6-10(17-3)11(15)13(8)18-4/h5-6,9,12H,7H2,1-4H3. The molecule has 100 valence electrons. The predicted molar refractivity (Wildman–Crippen MR) is 77.7 cm³/mol. The summed E-state index contributed by atoms with van der Waals surface area (Å²) < 4.78 is 11.6. The molecular weight excluding hydrogens is 316 g/mol. The van der Waals surface area contributed by atoms with Crippen molar-refractivity contribution in [1.29, 1.82) is 0 Å². The molecule has 1 aliphatic rings. The maximum absolute atomic E-state index is 6.60. The van der Waals surface area contributed by atoms with Gasteiger partial charge < -0.3 is 9.47 Å². The molecule has 0 saturated heterocycles. The third-order valence-corrected chi connectivity index (χ3v) is 5.05. The van der Waals surface area contributed by atoms with E-state index in [4.69, 9.17) is 21.1 Å². The van der Waals surface area contributed by atoms with Gasteiger partial charge in [-0.1, -0.05) is 19.9 Å². The highest BCUT2D eigenvalue weighted by Gasteiger charge is 2.50. The van der Waals surface area contributed by atoms with E-state index in [2.05, 4.69) is 29.8 Å². The van der Waals surface area contributed by atoms with Gasteiger partial charge in [0.05, 0.1) is 19.6 Å². The van der Waals surface area contributed by atoms with Crippen LogP contribution in [0.15, 0.2) is 16.6 Å². The average Bonchev–Trinajstić information content (AvgIpc) is 2.97. The van der Waals surface area contributed by atoms with E-state index in [0.717, 1.165) is 28.0 Å². The van der Waals surface area contributed by atoms with Crippen molar-refractivity contribution in [3.8, 4) is 11.5 Å². The van der Waals surface area contributed by atoms with Gasteiger partial charge in [0.1, 0.15) is 16.0 Å². The zero-order valence-electron chi connectivity index (χ0n) is 11.1. The molecular formula is C14H18BrClO2. The van der Waals surface area contributed by atoms with Crippen LogP contribution in [0.4, 0.5) is 0 Å². The summed E-state index contributed by atoms with van der Waals surface area (Å²) in [6.07, 6.45) is 1.16. The van der Waals surface area contributed by atoms with Crippen molar-refractivity contribution >= 4 is 27.5 Å². The molecule has 0 amide bonds. The highest BCUT2D eigenvalue weighted by Crippen LogP contribution is 2.61. The van der Waals surface area contributed by atoms with Gasteiger partial charge in [-0.05, 0) is 39.8 Å². The first kappa shape index (κ1) is 14.0. The van der Waals surface area contributed by atoms with Gasteiger partial charge in [-0.3, -0.25) is 0 Å². The molecule has 0 heterocycles. The van der Waals surface area contributed by atoms with Crippen LogP contribution < -0.4 is 9.47 Å². The number of halogens is 2. The lowest BCUT2D eigenvalue weighted by Crippen LogP contribution is -2.03. The van der Waals surface area contributed by atoms with E-state index in [9.17, 15) is 0 Å². The van der Waals surface area contributed by atoms with Crippen molar-refractivity contribution in [3.05, 3.63) is 22.2 Å². The Balaban J connectivity index is 2.36. The minimum atomic E-state index is -0.0165. The van der Waals surface area contributed by atoms with Gasteiger partial charge in [0.2, 0.25) is 0 Å². The molecule has 2 rings (SSSR count). The van der Waals surface area contributed by atoms with E-state index in [1.54, 1.807) is 14.2 Å². The molecule has 18 heavy (non-hydrogen) atoms. The lowest BCUT2D eigenvalue weighted by Gasteiger charge is -2.18. The fourth-order valence-electron chi connectivity index (χ4n) is 2.36. The van der Waals surface area contributed by atoms with Gasteiger partial charge in [-0.25, -0.2) is 0 Å². The lowest BCUT2D eigenvalue weighted by molar-refractivity contribution is 0.384. The van der Waals surface area contributed by atoms with Crippen LogP contribution in [-0.2, 0) is 0 Å². The molecule has 1 aliphatic carbocycles. The number of hydrogen-bond donors (Lipinski definition) is 0. The number of ether oxygens (including phenoxy) is 2. The Bertz CT molecular complexity index is 459. The molecule has 1 saturated carbocycles. The third-order valence-electron chi connectivity index (χ3n) is 3.76. The number of rotatable bonds is 4. The summed E-state index contributed by atoms with van der Waals surface area (Å²) >= 11 is 10.1. The molecule has 1 aromatic rings. The molecule has 2 nitrogen and oxygen atoms in total. The molecule has 0 N–H and O–H groups in total. The summed E-state index contributed by atoms with van der Waals surface area (Å²) in [6.45, 7) is 4.50. The minimum Gasteiger partial charge on any atom is -0.495 e. The summed E-state index contributed by atoms with van der Waals surface area (Å²) in [5.41, 5.74) is 1.37. The Labute approximate surface area is 122 Å². The van der Waals surface area contributed by atoms with Crippen LogP contribution in [0, 0.1) is 11.3 Å². The highest BCUT2D eigenvalue weighted by atomic mass is 79.9. The van der Waals surface area contributed by atoms with Crippen LogP contribution in [0.1, 0.15) is 31.2 Å². The first-order valence-electron chi connectivity index (χ1n) is 5.97. The van der Waals surface area contributed by atoms with Crippen molar-refractivity contribution in [3.63, 3.8) is 0 Å². The lowest BCUT2D eigenvalue weighted by atomic mass is 10.0. The van der Waals surface area contributed by atoms with Crippen LogP contribution in [-0.4, -0.2) is 14.2 Å². The molecule has 2 unspecified atom stereocenters. The van der Waals surface area contributed by atoms with Crippen molar-refractivity contribution < 1.29 is 9.47 Å². The van der Waals surface area contributed by atoms with Crippen LogP contribution in [0.2, 0.25) is 0 Å². The fraction of sp³-hybridized carbons (Fsp3) is 0.571. The first-order valence-corrected chi connectivity index (χ1v) is 7.19. The normalized spacial score (nSPS) is 22.4. The molecule has 2 atom stereocenters. The Morgan fingerprint density at radius 1 is 1.33 bits per heavy atom. The predicted octanol–water partition coefficient (Wildman–Crippen LogP) is 4.79. The van der Waals surface area contributed by atoms with Crippen LogP contribution in [0.5, 0.6) is 11.5 Å². The highest BCUT2D eigenvalue weighted by molar-refractivity contribution is 9.10. The third kappa shape index (κ3) is 2.35. The molecule has 0 spiro atoms. The van der Waals surface area contributed by atoms with Gasteiger partial charge in [0.25, 0.3) is 0 Å². The quantitative estimate of drug-likeness (QED) is 0.737. The summed E-state index contributed by atoms with van der Waals surface area (Å²) in [6, 6.07) is 3.92. The summed E-state index contributed by atoms with van der Waals surface area (Å²) in [5, 5.41) is -0.0165. The monoisotopic (exact) mass is 332 g/mol. The summed E-state index contributed by atoms with van der Waals surface area (Å²) in [7, 11) is 3.30. The Morgan fingerprint density at radius 3 is 2.39 bits per heavy atom. The Kier molecular flexibility index (Phi) is 3.84. The smallest absolute Gasteiger partial charge is 0.141 e. The van der Waals surface area contributed by atoms with E-state index >= 15 is 0 Å². The zero-order chi connectivity index (χ0) is 13.5. The van der Waals surface area contributed by atoms with Gasteiger partial charge >= 0.3 is 0 Å². The number of alkyl halides is 1. The maximum Gasteiger partial charge on any atom is 0.141 e. The topological polar surface area (TPSA) is 18.5 Å². The molecule has 0 bridgehead atoms. The average molecular weight is 334 g/mol. The number of methoxy groups -OCH3 is 2. The second-order valence-corrected chi connectivity index (χ2v) is 6.67. The van der Waals surface area contributed by atoms with E-state index in [1.165, 1.54) is 0 Å². The number of hydrogen-bond acceptors (Lipinski definition) is 2. The molecule has 4 heteroatoms. The molecule has 1 fully saturated rings. The summed E-state index contributed by atoms with van der Waals surface area (Å²) in [4.78, 5) is 0. The van der Waals surface area contributed by atoms with E-state index < -0.39 is 0 Å². The summed E-state index contributed by atoms with van der Waals surface area (Å²) in [5.74, 6) is 2.04. The van der Waals surface area contributed by atoms with E-state index in [-0.39, 0.29) is 5.38 Å². The molecule has 0 radical (unpaired) electrons. The fourth-order valence-corrected chi connectivity index (χ4v) is 3.65. The number of benzene rings is 1. The van der Waals surface area contributed by atoms with Crippen LogP contribution >= 0.6 is 27.5 Å². The van der Waals surface area contributed by atoms with Crippen molar-refractivity contribution in [1.82, 2.24) is 0 Å². The van der Waals surface area contributed by atoms with E-state index in [0.29, 0.717) is 11.3 Å². The van der Waals surface area contributed by atoms with Gasteiger partial charge in [0.15, 0.2) is 0 Å². The largest absolute Gasteiger partial charge is 0.495 e. The van der Waals surface area contributed by atoms with Crippen molar-refractivity contribution in [2.24, 2.45) is 11.3 Å². The van der Waals surface area contributed by atoms with E-state index in [1.807, 2.05) is 12.1 Å². The van der Waals surface area contributed by atoms with Crippen molar-refractivity contribution in [2.45, 2.75) is 25.6 Å². The Morgan fingerprint density at radius 2 is 1.94 bits per heavy atom. The second-order valence-electron chi connectivity index (χ2n) is 5.41. The molecule has 0 aliphatic heterocycles. The zero-order valence-corrected chi connectivity index (χ0v) is 13.4. The van der Waals surface area contributed by atoms with Gasteiger partial charge in [0, 0.05) is 5.56 Å². The molecule has 1 aromatic carbocycles. The van der Waals surface area contributed by atoms with Crippen LogP contribution in [0.3, 0.4) is 0 Å². The Hall–Kier alpha value is -0.410. The maximum atomic E-state index is 6.60. The molecule has 0 aromatic heterocycles. The minimum absolute atomic E-state index is 0.0165. The van der Waals surface area contributed by atoms with Crippen molar-refractivity contribution in [2.75, 3.05) is 14.2 Å². The second kappa shape index (κ2) is 4.93. The van der Waals surface area contributed by atoms with Gasteiger partial charge in [-0.15, -0.1) is 11.6 Å². The van der Waals surface area contributed by atoms with Gasteiger partial charge in [-0.2, -0.15) is 0 Å². The SMILES string of the molecule is COc1ccc(C(Cl)C2CC2(C)C)c(OC)c1Br.